The molecule has 0 saturated heterocycles. The highest BCUT2D eigenvalue weighted by atomic mass is 15.1. The van der Waals surface area contributed by atoms with Gasteiger partial charge < -0.3 is 4.90 Å². The molecule has 0 atom stereocenters. The Kier molecular flexibility index (Phi) is 6.92. The van der Waals surface area contributed by atoms with Gasteiger partial charge in [0.05, 0.1) is 16.7 Å². The second kappa shape index (κ2) is 15.0. The Bertz CT molecular complexity index is 3400. The number of anilines is 3. The molecule has 0 fully saturated rings. The summed E-state index contributed by atoms with van der Waals surface area (Å²) in [6, 6.07) is 56.8. The smallest absolute Gasteiger partial charge is 0.0645 e. The highest BCUT2D eigenvalue weighted by Gasteiger charge is 2.19. The molecule has 0 aliphatic heterocycles. The van der Waals surface area contributed by atoms with Gasteiger partial charge in [-0.3, -0.25) is 0 Å². The molecule has 0 amide bonds. The summed E-state index contributed by atoms with van der Waals surface area (Å²) in [5.74, 6) is 0. The minimum absolute atomic E-state index is 0.101. The van der Waals surface area contributed by atoms with Gasteiger partial charge in [-0.25, -0.2) is 0 Å². The first kappa shape index (κ1) is 26.3. The molecule has 10 rings (SSSR count). The Morgan fingerprint density at radius 3 is 1.47 bits per heavy atom. The molecule has 0 radical (unpaired) electrons. The van der Waals surface area contributed by atoms with Crippen LogP contribution in [-0.2, 0) is 0 Å². The Hall–Kier alpha value is -7.48. The zero-order valence-corrected chi connectivity index (χ0v) is 30.8. The van der Waals surface area contributed by atoms with E-state index in [4.69, 9.17) is 0 Å². The molecule has 0 unspecified atom stereocenters. The molecule has 268 valence electrons. The minimum Gasteiger partial charge on any atom is -0.310 e. The molecular weight excluding hydrogens is 687 g/mol. The topological polar surface area (TPSA) is 3.24 Å². The Balaban J connectivity index is 1.20. The van der Waals surface area contributed by atoms with E-state index >= 15 is 0 Å². The van der Waals surface area contributed by atoms with E-state index in [9.17, 15) is 11.0 Å². The molecular formula is C56H39N. The molecule has 10 aromatic rings. The number of para-hydroxylation sites is 1. The van der Waals surface area contributed by atoms with E-state index in [-0.39, 0.29) is 46.7 Å². The average molecular weight is 734 g/mol. The molecule has 0 heterocycles. The lowest BCUT2D eigenvalue weighted by Crippen LogP contribution is -2.11. The number of fused-ring (bicyclic) bond motifs is 2. The average Bonchev–Trinajstić information content (AvgIpc) is 3.35. The summed E-state index contributed by atoms with van der Waals surface area (Å²) >= 11 is 0. The third-order valence-corrected chi connectivity index (χ3v) is 10.4. The van der Waals surface area contributed by atoms with Gasteiger partial charge in [0.2, 0.25) is 0 Å². The maximum Gasteiger partial charge on any atom is 0.0645 e. The number of hydrogen-bond acceptors (Lipinski definition) is 1. The van der Waals surface area contributed by atoms with Gasteiger partial charge in [-0.05, 0) is 102 Å². The second-order valence-electron chi connectivity index (χ2n) is 13.8. The van der Waals surface area contributed by atoms with Crippen molar-refractivity contribution in [3.63, 3.8) is 0 Å². The third-order valence-electron chi connectivity index (χ3n) is 10.4. The van der Waals surface area contributed by atoms with E-state index in [1.54, 1.807) is 24.3 Å². The number of hydrogen-bond donors (Lipinski definition) is 0. The van der Waals surface area contributed by atoms with Gasteiger partial charge in [0.15, 0.2) is 0 Å². The fraction of sp³-hybridized carbons (Fsp3) is 0. The van der Waals surface area contributed by atoms with Crippen LogP contribution < -0.4 is 4.90 Å². The van der Waals surface area contributed by atoms with E-state index in [2.05, 4.69) is 18.2 Å². The van der Waals surface area contributed by atoms with Gasteiger partial charge in [0.25, 0.3) is 0 Å². The van der Waals surface area contributed by atoms with Crippen LogP contribution in [0.3, 0.4) is 0 Å². The van der Waals surface area contributed by atoms with E-state index in [0.717, 1.165) is 49.4 Å². The maximum atomic E-state index is 9.78. The summed E-state index contributed by atoms with van der Waals surface area (Å²) in [6.07, 6.45) is 0. The summed E-state index contributed by atoms with van der Waals surface area (Å²) in [5, 5.41) is 4.04. The summed E-state index contributed by atoms with van der Waals surface area (Å²) in [7, 11) is 0. The first-order chi connectivity index (χ1) is 31.6. The number of nitrogens with zero attached hydrogens (tertiary/aromatic N) is 1. The molecule has 1 heteroatoms. The lowest BCUT2D eigenvalue weighted by molar-refractivity contribution is 1.28. The summed E-state index contributed by atoms with van der Waals surface area (Å²) in [6.45, 7) is 0. The Morgan fingerprint density at radius 1 is 0.281 bits per heavy atom. The van der Waals surface area contributed by atoms with Gasteiger partial charge in [-0.15, -0.1) is 0 Å². The maximum absolute atomic E-state index is 9.78. The van der Waals surface area contributed by atoms with Crippen molar-refractivity contribution < 1.29 is 11.0 Å². The van der Waals surface area contributed by atoms with Crippen LogP contribution in [0.2, 0.25) is 0 Å². The fourth-order valence-corrected chi connectivity index (χ4v) is 7.69. The zero-order chi connectivity index (χ0) is 44.9. The van der Waals surface area contributed by atoms with Crippen LogP contribution in [0.25, 0.3) is 77.2 Å². The van der Waals surface area contributed by atoms with Gasteiger partial charge in [-0.1, -0.05) is 206 Å². The predicted molar refractivity (Wildman–Crippen MR) is 243 cm³/mol. The number of benzene rings is 10. The Labute approximate surface area is 345 Å². The largest absolute Gasteiger partial charge is 0.310 e. The molecule has 0 spiro atoms. The highest BCUT2D eigenvalue weighted by molar-refractivity contribution is 6.04. The summed E-state index contributed by atoms with van der Waals surface area (Å²) < 4.78 is 77.3. The Morgan fingerprint density at radius 2 is 0.772 bits per heavy atom. The SMILES string of the molecule is [2H]c1c([2H])c(N(c2ccccc2-c2ccccc2)c2c([2H])c([2H])c(-c3ccc4ccccc4c3-c3ccccc3)c([2H])c2[2H])c([2H])c([2H])c1-c1ccc(-c2cccc3ccccc23)cc1. The lowest BCUT2D eigenvalue weighted by Gasteiger charge is -2.28. The van der Waals surface area contributed by atoms with Crippen LogP contribution in [0.1, 0.15) is 11.0 Å². The van der Waals surface area contributed by atoms with Crippen molar-refractivity contribution in [2.24, 2.45) is 0 Å². The van der Waals surface area contributed by atoms with Crippen LogP contribution in [0.15, 0.2) is 236 Å². The van der Waals surface area contributed by atoms with E-state index in [1.165, 1.54) is 4.90 Å². The van der Waals surface area contributed by atoms with Gasteiger partial charge in [0, 0.05) is 16.9 Å². The van der Waals surface area contributed by atoms with Crippen LogP contribution in [0.5, 0.6) is 0 Å². The normalized spacial score (nSPS) is 13.1. The quantitative estimate of drug-likeness (QED) is 0.150. The first-order valence-corrected chi connectivity index (χ1v) is 19.0. The summed E-state index contributed by atoms with van der Waals surface area (Å²) in [5.41, 5.74) is 6.14. The molecule has 10 aromatic carbocycles. The van der Waals surface area contributed by atoms with Gasteiger partial charge in [-0.2, -0.15) is 0 Å². The lowest BCUT2D eigenvalue weighted by atomic mass is 9.89. The predicted octanol–water partition coefficient (Wildman–Crippen LogP) is 15.8. The number of rotatable bonds is 8. The first-order valence-electron chi connectivity index (χ1n) is 23.0. The molecule has 1 nitrogen and oxygen atoms in total. The monoisotopic (exact) mass is 733 g/mol. The van der Waals surface area contributed by atoms with Crippen molar-refractivity contribution in [1.29, 1.82) is 0 Å². The van der Waals surface area contributed by atoms with E-state index in [0.29, 0.717) is 22.4 Å². The molecule has 57 heavy (non-hydrogen) atoms. The fourth-order valence-electron chi connectivity index (χ4n) is 7.69. The van der Waals surface area contributed by atoms with Crippen LogP contribution >= 0.6 is 0 Å². The van der Waals surface area contributed by atoms with Crippen molar-refractivity contribution in [2.45, 2.75) is 0 Å². The standard InChI is InChI=1S/C56H39N/c1-3-14-43(15-4-1)52-22-11-12-25-55(52)57(48-35-30-41(31-36-48)40-26-28-45(29-27-40)51-24-13-20-42-16-7-9-21-50(42)51)49-37-32-46(33-38-49)54-39-34-44-17-8-10-23-53(44)56(54)47-18-5-2-6-19-47/h1-39H/i30D,31D,32D,33D,35D,36D,37D,38D. The van der Waals surface area contributed by atoms with E-state index in [1.807, 2.05) is 146 Å². The molecule has 0 saturated carbocycles. The molecule has 0 aromatic heterocycles. The van der Waals surface area contributed by atoms with Crippen LogP contribution in [-0.4, -0.2) is 0 Å². The summed E-state index contributed by atoms with van der Waals surface area (Å²) in [4.78, 5) is 1.39. The van der Waals surface area contributed by atoms with Crippen molar-refractivity contribution in [3.8, 4) is 55.6 Å². The highest BCUT2D eigenvalue weighted by Crippen LogP contribution is 2.43. The van der Waals surface area contributed by atoms with Crippen LogP contribution in [0, 0.1) is 0 Å². The van der Waals surface area contributed by atoms with Crippen molar-refractivity contribution >= 4 is 38.6 Å². The van der Waals surface area contributed by atoms with E-state index < -0.39 is 24.2 Å². The zero-order valence-electron chi connectivity index (χ0n) is 38.8. The van der Waals surface area contributed by atoms with Crippen LogP contribution in [0.4, 0.5) is 17.1 Å². The van der Waals surface area contributed by atoms with Gasteiger partial charge >= 0.3 is 0 Å². The van der Waals surface area contributed by atoms with Crippen molar-refractivity contribution in [3.05, 3.63) is 236 Å². The molecule has 0 aliphatic carbocycles. The minimum atomic E-state index is -0.402. The van der Waals surface area contributed by atoms with Gasteiger partial charge in [0.1, 0.15) is 0 Å². The van der Waals surface area contributed by atoms with Crippen molar-refractivity contribution in [1.82, 2.24) is 0 Å². The third kappa shape index (κ3) is 6.56. The molecule has 0 aliphatic rings. The molecule has 0 bridgehead atoms. The molecule has 0 N–H and O–H groups in total. The second-order valence-corrected chi connectivity index (χ2v) is 13.8. The van der Waals surface area contributed by atoms with Crippen molar-refractivity contribution in [2.75, 3.05) is 4.90 Å².